The van der Waals surface area contributed by atoms with Gasteiger partial charge in [-0.05, 0) is 53.4 Å². The van der Waals surface area contributed by atoms with Crippen molar-refractivity contribution >= 4 is 23.2 Å². The van der Waals surface area contributed by atoms with Crippen LogP contribution in [-0.2, 0) is 16.0 Å². The van der Waals surface area contributed by atoms with Gasteiger partial charge in [0.25, 0.3) is 11.8 Å². The van der Waals surface area contributed by atoms with Gasteiger partial charge in [0.1, 0.15) is 5.82 Å². The Morgan fingerprint density at radius 2 is 1.46 bits per heavy atom. The average molecular weight is 348 g/mol. The largest absolute Gasteiger partial charge is 0.321 e. The van der Waals surface area contributed by atoms with Crippen molar-refractivity contribution in [2.45, 2.75) is 19.8 Å². The van der Waals surface area contributed by atoms with Crippen LogP contribution in [0.25, 0.3) is 11.4 Å². The molecule has 2 aliphatic heterocycles. The summed E-state index contributed by atoms with van der Waals surface area (Å²) in [5, 5.41) is 5.59. The average Bonchev–Trinajstić information content (AvgIpc) is 3.15. The smallest absolute Gasteiger partial charge is 0.258 e. The molecule has 0 radical (unpaired) electrons. The van der Waals surface area contributed by atoms with E-state index in [4.69, 9.17) is 0 Å². The normalized spacial score (nSPS) is 16.1. The van der Waals surface area contributed by atoms with Crippen LogP contribution in [0, 0.1) is 5.82 Å². The molecule has 0 unspecified atom stereocenters. The van der Waals surface area contributed by atoms with Gasteiger partial charge in [0, 0.05) is 0 Å². The maximum Gasteiger partial charge on any atom is 0.258 e. The topological polar surface area (TPSA) is 58.2 Å². The maximum atomic E-state index is 13.2. The van der Waals surface area contributed by atoms with Crippen molar-refractivity contribution < 1.29 is 14.0 Å². The molecule has 26 heavy (non-hydrogen) atoms. The number of amides is 2. The zero-order valence-electron chi connectivity index (χ0n) is 14.2. The molecule has 0 saturated carbocycles. The zero-order valence-corrected chi connectivity index (χ0v) is 14.2. The summed E-state index contributed by atoms with van der Waals surface area (Å²) in [6.45, 7) is 2.10. The van der Waals surface area contributed by atoms with Gasteiger partial charge >= 0.3 is 0 Å². The summed E-state index contributed by atoms with van der Waals surface area (Å²) in [5.41, 5.74) is 4.17. The Morgan fingerprint density at radius 3 is 2.08 bits per heavy atom. The minimum Gasteiger partial charge on any atom is -0.321 e. The fourth-order valence-corrected chi connectivity index (χ4v) is 3.40. The predicted octanol–water partition coefficient (Wildman–Crippen LogP) is 3.16. The Bertz CT molecular complexity index is 987. The van der Waals surface area contributed by atoms with E-state index in [0.29, 0.717) is 28.1 Å². The number of halogens is 1. The summed E-state index contributed by atoms with van der Waals surface area (Å²) in [6.07, 6.45) is 1.95. The van der Waals surface area contributed by atoms with E-state index in [0.717, 1.165) is 24.0 Å². The quantitative estimate of drug-likeness (QED) is 0.892. The molecule has 0 fully saturated rings. The Morgan fingerprint density at radius 1 is 0.846 bits per heavy atom. The number of aryl methyl sites for hydroxylation is 1. The fraction of sp³-hybridized carbons (Fsp3) is 0.143. The molecule has 0 aliphatic carbocycles. The first kappa shape index (κ1) is 16.3. The van der Waals surface area contributed by atoms with Crippen molar-refractivity contribution in [1.82, 2.24) is 10.6 Å². The molecule has 0 saturated heterocycles. The van der Waals surface area contributed by atoms with Gasteiger partial charge in [-0.3, -0.25) is 9.59 Å². The van der Waals surface area contributed by atoms with Crippen LogP contribution in [0.15, 0.2) is 59.7 Å². The first-order chi connectivity index (χ1) is 12.6. The van der Waals surface area contributed by atoms with Crippen molar-refractivity contribution in [3.05, 3.63) is 82.2 Å². The second-order valence-corrected chi connectivity index (χ2v) is 6.37. The minimum absolute atomic E-state index is 0.317. The van der Waals surface area contributed by atoms with Crippen molar-refractivity contribution in [2.24, 2.45) is 0 Å². The third kappa shape index (κ3) is 2.62. The van der Waals surface area contributed by atoms with E-state index in [-0.39, 0.29) is 17.6 Å². The summed E-state index contributed by atoms with van der Waals surface area (Å²) in [5.74, 6) is -1.02. The Hall–Kier alpha value is -3.21. The van der Waals surface area contributed by atoms with E-state index in [1.165, 1.54) is 12.1 Å². The number of rotatable bonds is 4. The van der Waals surface area contributed by atoms with E-state index in [1.54, 1.807) is 12.1 Å². The monoisotopic (exact) mass is 348 g/mol. The first-order valence-corrected chi connectivity index (χ1v) is 8.55. The predicted molar refractivity (Wildman–Crippen MR) is 97.0 cm³/mol. The lowest BCUT2D eigenvalue weighted by molar-refractivity contribution is -0.117. The number of carbonyl (C=O) groups is 2. The van der Waals surface area contributed by atoms with E-state index in [9.17, 15) is 14.0 Å². The van der Waals surface area contributed by atoms with Crippen LogP contribution in [0.4, 0.5) is 4.39 Å². The minimum atomic E-state index is -0.372. The Kier molecular flexibility index (Phi) is 3.92. The highest BCUT2D eigenvalue weighted by Crippen LogP contribution is 2.37. The molecule has 0 bridgehead atoms. The molecule has 4 rings (SSSR count). The Balaban J connectivity index is 1.84. The molecule has 0 aromatic heterocycles. The molecular weight excluding hydrogens is 331 g/mol. The summed E-state index contributed by atoms with van der Waals surface area (Å²) < 4.78 is 13.2. The number of nitrogens with one attached hydrogen (secondary N) is 2. The van der Waals surface area contributed by atoms with E-state index >= 15 is 0 Å². The van der Waals surface area contributed by atoms with Crippen LogP contribution in [0.3, 0.4) is 0 Å². The summed E-state index contributed by atoms with van der Waals surface area (Å²) >= 11 is 0. The molecule has 0 spiro atoms. The molecule has 130 valence electrons. The van der Waals surface area contributed by atoms with Crippen LogP contribution in [0.2, 0.25) is 0 Å². The molecule has 2 heterocycles. The van der Waals surface area contributed by atoms with Crippen LogP contribution < -0.4 is 10.6 Å². The van der Waals surface area contributed by atoms with Gasteiger partial charge in [0.2, 0.25) is 0 Å². The third-order valence-electron chi connectivity index (χ3n) is 4.57. The van der Waals surface area contributed by atoms with Crippen molar-refractivity contribution in [3.8, 4) is 0 Å². The lowest BCUT2D eigenvalue weighted by Crippen LogP contribution is -2.21. The lowest BCUT2D eigenvalue weighted by Gasteiger charge is -2.08. The van der Waals surface area contributed by atoms with Gasteiger partial charge in [0.05, 0.1) is 22.5 Å². The molecule has 2 aromatic rings. The van der Waals surface area contributed by atoms with E-state index in [1.807, 2.05) is 24.3 Å². The van der Waals surface area contributed by atoms with Crippen LogP contribution in [0.5, 0.6) is 0 Å². The number of fused-ring (bicyclic) bond motifs is 1. The van der Waals surface area contributed by atoms with Crippen LogP contribution in [-0.4, -0.2) is 11.8 Å². The molecule has 2 aromatic carbocycles. The van der Waals surface area contributed by atoms with Gasteiger partial charge in [-0.15, -0.1) is 0 Å². The highest BCUT2D eigenvalue weighted by atomic mass is 19.1. The number of benzene rings is 2. The number of hydrogen-bond donors (Lipinski definition) is 2. The van der Waals surface area contributed by atoms with Crippen molar-refractivity contribution in [2.75, 3.05) is 0 Å². The van der Waals surface area contributed by atoms with Gasteiger partial charge < -0.3 is 10.6 Å². The van der Waals surface area contributed by atoms with Crippen LogP contribution in [0.1, 0.15) is 30.0 Å². The molecular formula is C21H17FN2O2. The fourth-order valence-electron chi connectivity index (χ4n) is 3.40. The van der Waals surface area contributed by atoms with Gasteiger partial charge in [-0.25, -0.2) is 4.39 Å². The highest BCUT2D eigenvalue weighted by Gasteiger charge is 2.40. The SMILES string of the molecule is CCCc1cccc(C2=C3C(=O)NC(c4ccc(F)cc4)=C3C(=O)N2)c1. The van der Waals surface area contributed by atoms with Crippen LogP contribution >= 0.6 is 0 Å². The standard InChI is InChI=1S/C21H17FN2O2/c1-2-4-12-5-3-6-14(11-12)19-17-16(20(25)24-19)18(23-21(17)26)13-7-9-15(22)10-8-13/h3,5-11H,2,4H2,1H3,(H,23,26)(H,24,25). The molecule has 0 atom stereocenters. The summed E-state index contributed by atoms with van der Waals surface area (Å²) in [4.78, 5) is 25.1. The Labute approximate surface area is 150 Å². The number of hydrogen-bond acceptors (Lipinski definition) is 2. The molecule has 2 aliphatic rings. The maximum absolute atomic E-state index is 13.2. The number of carbonyl (C=O) groups excluding carboxylic acids is 2. The van der Waals surface area contributed by atoms with Gasteiger partial charge in [0.15, 0.2) is 0 Å². The molecule has 2 N–H and O–H groups in total. The second-order valence-electron chi connectivity index (χ2n) is 6.37. The highest BCUT2D eigenvalue weighted by molar-refractivity contribution is 6.30. The zero-order chi connectivity index (χ0) is 18.3. The molecule has 5 heteroatoms. The molecule has 4 nitrogen and oxygen atoms in total. The summed E-state index contributed by atoms with van der Waals surface area (Å²) in [7, 11) is 0. The molecule has 2 amide bonds. The summed E-state index contributed by atoms with van der Waals surface area (Å²) in [6, 6.07) is 13.5. The first-order valence-electron chi connectivity index (χ1n) is 8.55. The second kappa shape index (κ2) is 6.26. The van der Waals surface area contributed by atoms with Gasteiger partial charge in [-0.2, -0.15) is 0 Å². The van der Waals surface area contributed by atoms with E-state index in [2.05, 4.69) is 17.6 Å². The van der Waals surface area contributed by atoms with Crippen molar-refractivity contribution in [3.63, 3.8) is 0 Å². The van der Waals surface area contributed by atoms with Crippen molar-refractivity contribution in [1.29, 1.82) is 0 Å². The lowest BCUT2D eigenvalue weighted by atomic mass is 10.00. The van der Waals surface area contributed by atoms with E-state index < -0.39 is 0 Å². The third-order valence-corrected chi connectivity index (χ3v) is 4.57. The van der Waals surface area contributed by atoms with Gasteiger partial charge in [-0.1, -0.05) is 31.5 Å².